The van der Waals surface area contributed by atoms with Crippen LogP contribution in [0.5, 0.6) is 0 Å². The predicted molar refractivity (Wildman–Crippen MR) is 91.1 cm³/mol. The molecule has 1 aromatic carbocycles. The van der Waals surface area contributed by atoms with Crippen molar-refractivity contribution >= 4 is 11.8 Å². The van der Waals surface area contributed by atoms with E-state index in [1.165, 1.54) is 11.8 Å². The number of hydrogen-bond acceptors (Lipinski definition) is 3. The highest BCUT2D eigenvalue weighted by molar-refractivity contribution is 5.95. The first kappa shape index (κ1) is 18.0. The number of rotatable bonds is 4. The van der Waals surface area contributed by atoms with Gasteiger partial charge < -0.3 is 10.2 Å². The van der Waals surface area contributed by atoms with Gasteiger partial charge in [0.2, 0.25) is 5.91 Å². The minimum Gasteiger partial charge on any atom is -0.352 e. The number of pyridine rings is 1. The number of nitrogens with zero attached hydrogens (tertiary/aromatic N) is 2. The summed E-state index contributed by atoms with van der Waals surface area (Å²) in [4.78, 5) is 29.6. The number of carbonyl (C=O) groups is 2. The molecule has 0 radical (unpaired) electrons. The van der Waals surface area contributed by atoms with Crippen molar-refractivity contribution in [2.45, 2.75) is 32.4 Å². The van der Waals surface area contributed by atoms with Crippen molar-refractivity contribution in [3.05, 3.63) is 65.0 Å². The van der Waals surface area contributed by atoms with Gasteiger partial charge in [-0.05, 0) is 42.7 Å². The van der Waals surface area contributed by atoms with E-state index >= 15 is 0 Å². The van der Waals surface area contributed by atoms with E-state index in [4.69, 9.17) is 0 Å². The quantitative estimate of drug-likeness (QED) is 0.913. The Hall–Kier alpha value is -2.83. The van der Waals surface area contributed by atoms with Gasteiger partial charge in [-0.3, -0.25) is 14.6 Å². The van der Waals surface area contributed by atoms with E-state index in [1.54, 1.807) is 12.3 Å². The Morgan fingerprint density at radius 2 is 2.08 bits per heavy atom. The lowest BCUT2D eigenvalue weighted by atomic mass is 10.1. The van der Waals surface area contributed by atoms with Gasteiger partial charge in [0.25, 0.3) is 5.91 Å². The molecule has 0 saturated carbocycles. The average molecular weight is 359 g/mol. The fraction of sp³-hybridized carbons (Fsp3) is 0.316. The third-order valence-corrected chi connectivity index (χ3v) is 4.40. The topological polar surface area (TPSA) is 62.3 Å². The van der Waals surface area contributed by atoms with Crippen molar-refractivity contribution in [2.24, 2.45) is 0 Å². The molecule has 1 fully saturated rings. The summed E-state index contributed by atoms with van der Waals surface area (Å²) in [5.41, 5.74) is 1.27. The maximum absolute atomic E-state index is 13.9. The van der Waals surface area contributed by atoms with E-state index in [9.17, 15) is 18.4 Å². The highest BCUT2D eigenvalue weighted by Gasteiger charge is 2.32. The lowest BCUT2D eigenvalue weighted by Gasteiger charge is -2.24. The molecule has 136 valence electrons. The van der Waals surface area contributed by atoms with Gasteiger partial charge in [0.1, 0.15) is 11.6 Å². The average Bonchev–Trinajstić information content (AvgIpc) is 3.11. The van der Waals surface area contributed by atoms with Crippen molar-refractivity contribution < 1.29 is 18.4 Å². The molecule has 1 unspecified atom stereocenters. The molecule has 7 heteroatoms. The van der Waals surface area contributed by atoms with Gasteiger partial charge in [-0.15, -0.1) is 0 Å². The molecule has 5 nitrogen and oxygen atoms in total. The number of hydrogen-bond donors (Lipinski definition) is 1. The summed E-state index contributed by atoms with van der Waals surface area (Å²) in [5, 5.41) is 2.69. The van der Waals surface area contributed by atoms with Gasteiger partial charge in [-0.25, -0.2) is 8.78 Å². The highest BCUT2D eigenvalue weighted by atomic mass is 19.1. The lowest BCUT2D eigenvalue weighted by molar-refractivity contribution is -0.119. The fourth-order valence-electron chi connectivity index (χ4n) is 3.10. The van der Waals surface area contributed by atoms with E-state index in [0.29, 0.717) is 25.2 Å². The molecule has 1 aliphatic heterocycles. The number of halogens is 2. The van der Waals surface area contributed by atoms with Crippen molar-refractivity contribution in [3.8, 4) is 0 Å². The summed E-state index contributed by atoms with van der Waals surface area (Å²) in [6.07, 6.45) is 3.12. The second-order valence-electron chi connectivity index (χ2n) is 6.28. The first-order chi connectivity index (χ1) is 12.5. The molecular formula is C19H19F2N3O2. The van der Waals surface area contributed by atoms with E-state index < -0.39 is 17.5 Å². The summed E-state index contributed by atoms with van der Waals surface area (Å²) < 4.78 is 27.4. The summed E-state index contributed by atoms with van der Waals surface area (Å²) in [6, 6.07) is 6.24. The SMILES string of the molecule is CC(=O)NCc1ccc(C2CCCN2C(=O)c2cc(F)ccc2F)nc1. The van der Waals surface area contributed by atoms with Gasteiger partial charge in [0, 0.05) is 26.2 Å². The third kappa shape index (κ3) is 3.87. The van der Waals surface area contributed by atoms with Crippen molar-refractivity contribution in [1.82, 2.24) is 15.2 Å². The zero-order chi connectivity index (χ0) is 18.7. The number of carbonyl (C=O) groups excluding carboxylic acids is 2. The van der Waals surface area contributed by atoms with Crippen LogP contribution in [0.25, 0.3) is 0 Å². The first-order valence-electron chi connectivity index (χ1n) is 8.41. The maximum atomic E-state index is 13.9. The second-order valence-corrected chi connectivity index (χ2v) is 6.28. The molecule has 1 aromatic heterocycles. The monoisotopic (exact) mass is 359 g/mol. The van der Waals surface area contributed by atoms with Crippen LogP contribution in [0.15, 0.2) is 36.5 Å². The Bertz CT molecular complexity index is 824. The highest BCUT2D eigenvalue weighted by Crippen LogP contribution is 2.32. The minimum absolute atomic E-state index is 0.126. The normalized spacial score (nSPS) is 16.6. The van der Waals surface area contributed by atoms with E-state index in [1.807, 2.05) is 6.07 Å². The van der Waals surface area contributed by atoms with Crippen molar-refractivity contribution in [3.63, 3.8) is 0 Å². The summed E-state index contributed by atoms with van der Waals surface area (Å²) in [5.74, 6) is -2.04. The molecule has 0 bridgehead atoms. The third-order valence-electron chi connectivity index (χ3n) is 4.40. The molecule has 0 aliphatic carbocycles. The number of likely N-dealkylation sites (tertiary alicyclic amines) is 1. The molecule has 2 amide bonds. The Morgan fingerprint density at radius 3 is 2.77 bits per heavy atom. The van der Waals surface area contributed by atoms with E-state index in [0.717, 1.165) is 30.2 Å². The van der Waals surface area contributed by atoms with Gasteiger partial charge in [-0.2, -0.15) is 0 Å². The predicted octanol–water partition coefficient (Wildman–Crippen LogP) is 2.97. The van der Waals surface area contributed by atoms with Crippen LogP contribution in [-0.2, 0) is 11.3 Å². The first-order valence-corrected chi connectivity index (χ1v) is 8.41. The molecule has 0 spiro atoms. The summed E-state index contributed by atoms with van der Waals surface area (Å²) >= 11 is 0. The molecule has 2 heterocycles. The largest absolute Gasteiger partial charge is 0.352 e. The van der Waals surface area contributed by atoms with E-state index in [2.05, 4.69) is 10.3 Å². The Morgan fingerprint density at radius 1 is 1.27 bits per heavy atom. The van der Waals surface area contributed by atoms with Crippen molar-refractivity contribution in [1.29, 1.82) is 0 Å². The second kappa shape index (κ2) is 7.59. The molecule has 1 atom stereocenters. The molecule has 26 heavy (non-hydrogen) atoms. The maximum Gasteiger partial charge on any atom is 0.257 e. The fourth-order valence-corrected chi connectivity index (χ4v) is 3.10. The number of amides is 2. The zero-order valence-corrected chi connectivity index (χ0v) is 14.3. The molecule has 3 rings (SSSR count). The minimum atomic E-state index is -0.735. The van der Waals surface area contributed by atoms with E-state index in [-0.39, 0.29) is 17.5 Å². The van der Waals surface area contributed by atoms with Crippen LogP contribution in [0.4, 0.5) is 8.78 Å². The Labute approximate surface area is 150 Å². The standard InChI is InChI=1S/C19H19F2N3O2/c1-12(25)22-10-13-4-7-17(23-11-13)18-3-2-8-24(18)19(26)15-9-14(20)5-6-16(15)21/h4-7,9,11,18H,2-3,8,10H2,1H3,(H,22,25). The van der Waals surface area contributed by atoms with Crippen LogP contribution in [0, 0.1) is 11.6 Å². The molecule has 1 saturated heterocycles. The van der Waals surface area contributed by atoms with Crippen LogP contribution in [0.3, 0.4) is 0 Å². The van der Waals surface area contributed by atoms with Gasteiger partial charge in [0.15, 0.2) is 0 Å². The Balaban J connectivity index is 1.78. The van der Waals surface area contributed by atoms with Crippen molar-refractivity contribution in [2.75, 3.05) is 6.54 Å². The van der Waals surface area contributed by atoms with Gasteiger partial charge in [-0.1, -0.05) is 6.07 Å². The lowest BCUT2D eigenvalue weighted by Crippen LogP contribution is -2.31. The number of benzene rings is 1. The molecular weight excluding hydrogens is 340 g/mol. The van der Waals surface area contributed by atoms with Crippen LogP contribution in [0.2, 0.25) is 0 Å². The van der Waals surface area contributed by atoms with Crippen LogP contribution < -0.4 is 5.32 Å². The number of aromatic nitrogens is 1. The number of nitrogens with one attached hydrogen (secondary N) is 1. The molecule has 1 aliphatic rings. The molecule has 2 aromatic rings. The van der Waals surface area contributed by atoms with Gasteiger partial charge >= 0.3 is 0 Å². The Kier molecular flexibility index (Phi) is 5.25. The van der Waals surface area contributed by atoms with Crippen LogP contribution >= 0.6 is 0 Å². The van der Waals surface area contributed by atoms with Crippen LogP contribution in [0.1, 0.15) is 47.4 Å². The molecule has 1 N–H and O–H groups in total. The van der Waals surface area contributed by atoms with Crippen LogP contribution in [-0.4, -0.2) is 28.2 Å². The summed E-state index contributed by atoms with van der Waals surface area (Å²) in [7, 11) is 0. The zero-order valence-electron chi connectivity index (χ0n) is 14.3. The summed E-state index contributed by atoms with van der Waals surface area (Å²) in [6.45, 7) is 2.29. The smallest absolute Gasteiger partial charge is 0.257 e. The van der Waals surface area contributed by atoms with Gasteiger partial charge in [0.05, 0.1) is 17.3 Å².